The first kappa shape index (κ1) is 19.3. The number of carbonyl (C=O) groups excluding carboxylic acids is 2. The van der Waals surface area contributed by atoms with Crippen LogP contribution in [0.4, 0.5) is 0 Å². The maximum Gasteiger partial charge on any atom is 0.249 e. The van der Waals surface area contributed by atoms with Crippen LogP contribution in [0.25, 0.3) is 22.2 Å². The summed E-state index contributed by atoms with van der Waals surface area (Å²) >= 11 is 0. The van der Waals surface area contributed by atoms with Gasteiger partial charge in [0, 0.05) is 23.6 Å². The summed E-state index contributed by atoms with van der Waals surface area (Å²) in [5.74, 6) is -1.57. The van der Waals surface area contributed by atoms with E-state index in [1.807, 2.05) is 84.9 Å². The number of nitrogens with two attached hydrogens (primary N) is 1. The van der Waals surface area contributed by atoms with E-state index in [4.69, 9.17) is 10.7 Å². The Hall–Kier alpha value is -3.99. The second kappa shape index (κ2) is 8.17. The van der Waals surface area contributed by atoms with E-state index in [1.165, 1.54) is 0 Å². The Bertz CT molecular complexity index is 1220. The van der Waals surface area contributed by atoms with Crippen molar-refractivity contribution in [2.45, 2.75) is 5.92 Å². The van der Waals surface area contributed by atoms with E-state index < -0.39 is 11.8 Å². The highest BCUT2D eigenvalue weighted by molar-refractivity contribution is 6.10. The number of aromatic nitrogens is 1. The lowest BCUT2D eigenvalue weighted by atomic mass is 9.83. The quantitative estimate of drug-likeness (QED) is 0.538. The van der Waals surface area contributed by atoms with Gasteiger partial charge in [-0.1, -0.05) is 78.9 Å². The smallest absolute Gasteiger partial charge is 0.249 e. The molecule has 0 bridgehead atoms. The molecule has 1 unspecified atom stereocenters. The monoisotopic (exact) mass is 395 g/mol. The molecule has 3 N–H and O–H groups in total. The third-order valence-corrected chi connectivity index (χ3v) is 5.15. The second-order valence-corrected chi connectivity index (χ2v) is 6.95. The van der Waals surface area contributed by atoms with Crippen LogP contribution in [0.5, 0.6) is 0 Å². The van der Waals surface area contributed by atoms with Crippen LogP contribution in [-0.4, -0.2) is 23.8 Å². The van der Waals surface area contributed by atoms with Crippen LogP contribution in [0.2, 0.25) is 0 Å². The summed E-state index contributed by atoms with van der Waals surface area (Å²) in [7, 11) is 1.58. The predicted molar refractivity (Wildman–Crippen MR) is 118 cm³/mol. The van der Waals surface area contributed by atoms with Crippen molar-refractivity contribution < 1.29 is 9.59 Å². The molecule has 0 spiro atoms. The van der Waals surface area contributed by atoms with Gasteiger partial charge in [0.05, 0.1) is 22.7 Å². The van der Waals surface area contributed by atoms with Gasteiger partial charge < -0.3 is 11.1 Å². The molecule has 0 aliphatic heterocycles. The average Bonchev–Trinajstić information content (AvgIpc) is 2.79. The Morgan fingerprint density at radius 2 is 1.47 bits per heavy atom. The number of carbonyl (C=O) groups is 2. The van der Waals surface area contributed by atoms with Gasteiger partial charge in [-0.25, -0.2) is 4.98 Å². The van der Waals surface area contributed by atoms with Crippen molar-refractivity contribution in [1.82, 2.24) is 10.3 Å². The molecule has 30 heavy (non-hydrogen) atoms. The summed E-state index contributed by atoms with van der Waals surface area (Å²) in [6.45, 7) is 0. The maximum atomic E-state index is 13.1. The summed E-state index contributed by atoms with van der Waals surface area (Å²) in [5, 5.41) is 3.37. The minimum atomic E-state index is -0.744. The molecule has 5 heteroatoms. The molecule has 0 aliphatic carbocycles. The molecule has 5 nitrogen and oxygen atoms in total. The first-order valence-corrected chi connectivity index (χ1v) is 9.66. The van der Waals surface area contributed by atoms with E-state index in [0.717, 1.165) is 11.1 Å². The third kappa shape index (κ3) is 3.42. The molecule has 0 aliphatic rings. The zero-order valence-electron chi connectivity index (χ0n) is 16.5. The molecule has 0 radical (unpaired) electrons. The number of fused-ring (bicyclic) bond motifs is 1. The van der Waals surface area contributed by atoms with Crippen LogP contribution < -0.4 is 11.1 Å². The largest absolute Gasteiger partial charge is 0.366 e. The highest BCUT2D eigenvalue weighted by Crippen LogP contribution is 2.38. The zero-order chi connectivity index (χ0) is 21.1. The van der Waals surface area contributed by atoms with Crippen LogP contribution in [-0.2, 0) is 4.79 Å². The van der Waals surface area contributed by atoms with Crippen LogP contribution in [0.3, 0.4) is 0 Å². The topological polar surface area (TPSA) is 85.1 Å². The number of rotatable bonds is 5. The number of primary amides is 1. The Morgan fingerprint density at radius 1 is 0.867 bits per heavy atom. The number of benzene rings is 3. The van der Waals surface area contributed by atoms with Gasteiger partial charge in [0.15, 0.2) is 0 Å². The highest BCUT2D eigenvalue weighted by atomic mass is 16.2. The summed E-state index contributed by atoms with van der Waals surface area (Å²) in [6.07, 6.45) is 0. The Morgan fingerprint density at radius 3 is 2.10 bits per heavy atom. The van der Waals surface area contributed by atoms with Crippen molar-refractivity contribution in [3.8, 4) is 11.3 Å². The van der Waals surface area contributed by atoms with Gasteiger partial charge in [0.25, 0.3) is 0 Å². The van der Waals surface area contributed by atoms with Crippen molar-refractivity contribution in [2.75, 3.05) is 7.05 Å². The standard InChI is InChI=1S/C25H21N3O2/c1-27-25(30)20(16-10-4-2-5-11-16)22-21(24(26)29)18-14-8-9-15-19(18)28-23(22)17-12-6-3-7-13-17/h2-15,20H,1H3,(H2,26,29)(H,27,30). The van der Waals surface area contributed by atoms with E-state index in [9.17, 15) is 9.59 Å². The van der Waals surface area contributed by atoms with Crippen molar-refractivity contribution in [1.29, 1.82) is 0 Å². The van der Waals surface area contributed by atoms with Gasteiger partial charge in [-0.2, -0.15) is 0 Å². The van der Waals surface area contributed by atoms with Crippen molar-refractivity contribution in [2.24, 2.45) is 5.73 Å². The van der Waals surface area contributed by atoms with E-state index in [1.54, 1.807) is 7.05 Å². The van der Waals surface area contributed by atoms with E-state index in [2.05, 4.69) is 5.32 Å². The number of hydrogen-bond donors (Lipinski definition) is 2. The molecule has 2 amide bonds. The molecular weight excluding hydrogens is 374 g/mol. The third-order valence-electron chi connectivity index (χ3n) is 5.15. The fourth-order valence-corrected chi connectivity index (χ4v) is 3.83. The van der Waals surface area contributed by atoms with Crippen molar-refractivity contribution in [3.63, 3.8) is 0 Å². The lowest BCUT2D eigenvalue weighted by Gasteiger charge is -2.23. The Balaban J connectivity index is 2.16. The van der Waals surface area contributed by atoms with Crippen LogP contribution >= 0.6 is 0 Å². The van der Waals surface area contributed by atoms with Crippen molar-refractivity contribution >= 4 is 22.7 Å². The molecule has 0 saturated carbocycles. The van der Waals surface area contributed by atoms with E-state index >= 15 is 0 Å². The summed E-state index contributed by atoms with van der Waals surface area (Å²) < 4.78 is 0. The molecular formula is C25H21N3O2. The number of nitrogens with zero attached hydrogens (tertiary/aromatic N) is 1. The lowest BCUT2D eigenvalue weighted by molar-refractivity contribution is -0.121. The van der Waals surface area contributed by atoms with Crippen molar-refractivity contribution in [3.05, 3.63) is 102 Å². The van der Waals surface area contributed by atoms with Gasteiger partial charge >= 0.3 is 0 Å². The molecule has 1 aromatic heterocycles. The first-order chi connectivity index (χ1) is 14.6. The van der Waals surface area contributed by atoms with Gasteiger partial charge in [-0.3, -0.25) is 9.59 Å². The highest BCUT2D eigenvalue weighted by Gasteiger charge is 2.31. The number of likely N-dealkylation sites (N-methyl/N-ethyl adjacent to an activating group) is 1. The number of pyridine rings is 1. The Labute approximate surface area is 174 Å². The molecule has 0 saturated heterocycles. The SMILES string of the molecule is CNC(=O)C(c1ccccc1)c1c(-c2ccccc2)nc2ccccc2c1C(N)=O. The van der Waals surface area contributed by atoms with E-state index in [0.29, 0.717) is 27.7 Å². The minimum absolute atomic E-state index is 0.238. The molecule has 4 rings (SSSR count). The minimum Gasteiger partial charge on any atom is -0.366 e. The number of hydrogen-bond acceptors (Lipinski definition) is 3. The lowest BCUT2D eigenvalue weighted by Crippen LogP contribution is -2.29. The zero-order valence-corrected chi connectivity index (χ0v) is 16.5. The fraction of sp³-hybridized carbons (Fsp3) is 0.0800. The van der Waals surface area contributed by atoms with Gasteiger partial charge in [0.2, 0.25) is 11.8 Å². The summed E-state index contributed by atoms with van der Waals surface area (Å²) in [4.78, 5) is 30.7. The van der Waals surface area contributed by atoms with Gasteiger partial charge in [0.1, 0.15) is 0 Å². The normalized spacial score (nSPS) is 11.8. The Kier molecular flexibility index (Phi) is 5.26. The molecule has 1 heterocycles. The molecule has 148 valence electrons. The summed E-state index contributed by atoms with van der Waals surface area (Å²) in [5.41, 5.74) is 9.50. The molecule has 1 atom stereocenters. The number of para-hydroxylation sites is 1. The van der Waals surface area contributed by atoms with Crippen LogP contribution in [0, 0.1) is 0 Å². The second-order valence-electron chi connectivity index (χ2n) is 6.95. The fourth-order valence-electron chi connectivity index (χ4n) is 3.83. The maximum absolute atomic E-state index is 13.1. The van der Waals surface area contributed by atoms with Gasteiger partial charge in [-0.15, -0.1) is 0 Å². The van der Waals surface area contributed by atoms with Crippen LogP contribution in [0.15, 0.2) is 84.9 Å². The molecule has 4 aromatic rings. The first-order valence-electron chi connectivity index (χ1n) is 9.66. The predicted octanol–water partition coefficient (Wildman–Crippen LogP) is 3.88. The molecule has 3 aromatic carbocycles. The number of nitrogens with one attached hydrogen (secondary N) is 1. The summed E-state index contributed by atoms with van der Waals surface area (Å²) in [6, 6.07) is 26.2. The average molecular weight is 395 g/mol. The van der Waals surface area contributed by atoms with Crippen LogP contribution in [0.1, 0.15) is 27.4 Å². The van der Waals surface area contributed by atoms with E-state index in [-0.39, 0.29) is 5.91 Å². The van der Waals surface area contributed by atoms with Gasteiger partial charge in [-0.05, 0) is 11.6 Å². The molecule has 0 fully saturated rings. The number of amides is 2.